The van der Waals surface area contributed by atoms with Crippen LogP contribution in [0.25, 0.3) is 0 Å². The summed E-state index contributed by atoms with van der Waals surface area (Å²) in [5.41, 5.74) is 0.219. The van der Waals surface area contributed by atoms with E-state index in [9.17, 15) is 13.2 Å². The van der Waals surface area contributed by atoms with Gasteiger partial charge in [0.15, 0.2) is 0 Å². The van der Waals surface area contributed by atoms with Gasteiger partial charge in [-0.1, -0.05) is 57.1 Å². The molecular formula is C22H29F3. The molecule has 4 rings (SSSR count). The maximum atomic E-state index is 15.0. The lowest BCUT2D eigenvalue weighted by Gasteiger charge is -2.30. The number of benzene rings is 1. The van der Waals surface area contributed by atoms with Crippen LogP contribution in [0.5, 0.6) is 0 Å². The van der Waals surface area contributed by atoms with E-state index in [0.29, 0.717) is 12.0 Å². The summed E-state index contributed by atoms with van der Waals surface area (Å²) < 4.78 is 44.0. The third kappa shape index (κ3) is 3.24. The molecule has 0 nitrogen and oxygen atoms in total. The first-order valence-corrected chi connectivity index (χ1v) is 10.2. The molecule has 0 aliphatic heterocycles. The SMILES string of the molecule is Fc1cccc2c1C(F)(F)C(C1CCCC(C3CCCCC3)CC1)C2. The van der Waals surface area contributed by atoms with Crippen molar-refractivity contribution in [2.75, 3.05) is 0 Å². The molecule has 0 N–H and O–H groups in total. The molecule has 0 aromatic heterocycles. The molecule has 3 aliphatic carbocycles. The van der Waals surface area contributed by atoms with Gasteiger partial charge in [0, 0.05) is 5.92 Å². The van der Waals surface area contributed by atoms with Crippen LogP contribution in [-0.2, 0) is 12.3 Å². The van der Waals surface area contributed by atoms with Crippen LogP contribution < -0.4 is 0 Å². The highest BCUT2D eigenvalue weighted by molar-refractivity contribution is 5.38. The highest BCUT2D eigenvalue weighted by Gasteiger charge is 2.53. The predicted octanol–water partition coefficient (Wildman–Crippen LogP) is 6.87. The third-order valence-electron chi connectivity index (χ3n) is 7.28. The van der Waals surface area contributed by atoms with Gasteiger partial charge in [-0.2, -0.15) is 0 Å². The summed E-state index contributed by atoms with van der Waals surface area (Å²) >= 11 is 0. The Balaban J connectivity index is 1.47. The Labute approximate surface area is 149 Å². The number of hydrogen-bond acceptors (Lipinski definition) is 0. The fourth-order valence-electron chi connectivity index (χ4n) is 5.96. The van der Waals surface area contributed by atoms with E-state index in [2.05, 4.69) is 0 Å². The molecule has 0 amide bonds. The van der Waals surface area contributed by atoms with E-state index in [1.165, 1.54) is 44.6 Å². The Morgan fingerprint density at radius 2 is 1.40 bits per heavy atom. The van der Waals surface area contributed by atoms with Crippen LogP contribution in [0.2, 0.25) is 0 Å². The molecule has 25 heavy (non-hydrogen) atoms. The standard InChI is InChI=1S/C22H29F3/c23-20-11-5-10-18-14-19(22(24,25)21(18)20)17-9-4-8-16(12-13-17)15-6-2-1-3-7-15/h5,10-11,15-17,19H,1-4,6-9,12-14H2. The van der Waals surface area contributed by atoms with E-state index >= 15 is 0 Å². The maximum absolute atomic E-state index is 15.0. The summed E-state index contributed by atoms with van der Waals surface area (Å²) in [5.74, 6) is -2.83. The Hall–Kier alpha value is -0.990. The monoisotopic (exact) mass is 350 g/mol. The van der Waals surface area contributed by atoms with Crippen molar-refractivity contribution >= 4 is 0 Å². The van der Waals surface area contributed by atoms with Crippen LogP contribution >= 0.6 is 0 Å². The van der Waals surface area contributed by atoms with Gasteiger partial charge in [-0.3, -0.25) is 0 Å². The van der Waals surface area contributed by atoms with Gasteiger partial charge in [0.2, 0.25) is 0 Å². The van der Waals surface area contributed by atoms with Crippen molar-refractivity contribution in [3.05, 3.63) is 35.1 Å². The van der Waals surface area contributed by atoms with Gasteiger partial charge in [0.05, 0.1) is 5.56 Å². The first-order chi connectivity index (χ1) is 12.1. The zero-order valence-electron chi connectivity index (χ0n) is 15.0. The Morgan fingerprint density at radius 3 is 2.16 bits per heavy atom. The smallest absolute Gasteiger partial charge is 0.206 e. The van der Waals surface area contributed by atoms with E-state index < -0.39 is 17.7 Å². The molecular weight excluding hydrogens is 321 g/mol. The van der Waals surface area contributed by atoms with Crippen molar-refractivity contribution in [1.82, 2.24) is 0 Å². The van der Waals surface area contributed by atoms with Gasteiger partial charge < -0.3 is 0 Å². The molecule has 1 aromatic carbocycles. The number of fused-ring (bicyclic) bond motifs is 1. The minimum atomic E-state index is -3.00. The van der Waals surface area contributed by atoms with Crippen molar-refractivity contribution in [3.63, 3.8) is 0 Å². The number of rotatable bonds is 2. The van der Waals surface area contributed by atoms with Crippen LogP contribution in [0.15, 0.2) is 18.2 Å². The second-order valence-electron chi connectivity index (χ2n) is 8.63. The molecule has 3 unspecified atom stereocenters. The minimum Gasteiger partial charge on any atom is -0.206 e. The summed E-state index contributed by atoms with van der Waals surface area (Å²) in [7, 11) is 0. The lowest BCUT2D eigenvalue weighted by atomic mass is 9.76. The molecule has 1 aromatic rings. The van der Waals surface area contributed by atoms with Crippen LogP contribution in [0.3, 0.4) is 0 Å². The van der Waals surface area contributed by atoms with Gasteiger partial charge in [-0.25, -0.2) is 13.2 Å². The van der Waals surface area contributed by atoms with Crippen LogP contribution in [0.4, 0.5) is 13.2 Å². The molecule has 3 atom stereocenters. The fourth-order valence-corrected chi connectivity index (χ4v) is 5.96. The maximum Gasteiger partial charge on any atom is 0.279 e. The fraction of sp³-hybridized carbons (Fsp3) is 0.727. The van der Waals surface area contributed by atoms with Crippen molar-refractivity contribution < 1.29 is 13.2 Å². The predicted molar refractivity (Wildman–Crippen MR) is 94.1 cm³/mol. The van der Waals surface area contributed by atoms with Crippen LogP contribution in [0, 0.1) is 29.5 Å². The van der Waals surface area contributed by atoms with Crippen molar-refractivity contribution in [2.24, 2.45) is 23.7 Å². The second-order valence-corrected chi connectivity index (χ2v) is 8.63. The van der Waals surface area contributed by atoms with Crippen LogP contribution in [-0.4, -0.2) is 0 Å². The summed E-state index contributed by atoms with van der Waals surface area (Å²) in [5, 5.41) is 0. The Bertz CT molecular complexity index is 603. The highest BCUT2D eigenvalue weighted by atomic mass is 19.3. The average Bonchev–Trinajstić information content (AvgIpc) is 2.77. The van der Waals surface area contributed by atoms with E-state index in [1.54, 1.807) is 12.1 Å². The molecule has 138 valence electrons. The zero-order chi connectivity index (χ0) is 17.4. The van der Waals surface area contributed by atoms with E-state index in [0.717, 1.165) is 37.5 Å². The molecule has 0 spiro atoms. The normalized spacial score (nSPS) is 33.0. The van der Waals surface area contributed by atoms with E-state index in [1.807, 2.05) is 0 Å². The Morgan fingerprint density at radius 1 is 0.760 bits per heavy atom. The molecule has 2 saturated carbocycles. The van der Waals surface area contributed by atoms with E-state index in [-0.39, 0.29) is 11.5 Å². The zero-order valence-corrected chi connectivity index (χ0v) is 15.0. The minimum absolute atomic E-state index is 0.0374. The molecule has 0 heterocycles. The molecule has 0 bridgehead atoms. The number of alkyl halides is 2. The average molecular weight is 350 g/mol. The first kappa shape index (κ1) is 17.4. The van der Waals surface area contributed by atoms with E-state index in [4.69, 9.17) is 0 Å². The molecule has 3 aliphatic rings. The Kier molecular flexibility index (Phi) is 4.85. The van der Waals surface area contributed by atoms with Crippen molar-refractivity contribution in [3.8, 4) is 0 Å². The molecule has 3 heteroatoms. The molecule has 2 fully saturated rings. The molecule has 0 radical (unpaired) electrons. The summed E-state index contributed by atoms with van der Waals surface area (Å²) in [6, 6.07) is 4.44. The summed E-state index contributed by atoms with van der Waals surface area (Å²) in [6.07, 6.45) is 12.2. The quantitative estimate of drug-likeness (QED) is 0.511. The first-order valence-electron chi connectivity index (χ1n) is 10.2. The summed E-state index contributed by atoms with van der Waals surface area (Å²) in [6.45, 7) is 0. The highest BCUT2D eigenvalue weighted by Crippen LogP contribution is 2.53. The van der Waals surface area contributed by atoms with Gasteiger partial charge in [0.1, 0.15) is 5.82 Å². The van der Waals surface area contributed by atoms with Crippen molar-refractivity contribution in [2.45, 2.75) is 76.6 Å². The van der Waals surface area contributed by atoms with Gasteiger partial charge in [0.25, 0.3) is 5.92 Å². The van der Waals surface area contributed by atoms with Crippen LogP contribution in [0.1, 0.15) is 75.3 Å². The van der Waals surface area contributed by atoms with Gasteiger partial charge in [-0.05, 0) is 55.1 Å². The lowest BCUT2D eigenvalue weighted by molar-refractivity contribution is -0.0791. The lowest BCUT2D eigenvalue weighted by Crippen LogP contribution is -2.29. The number of hydrogen-bond donors (Lipinski definition) is 0. The second kappa shape index (κ2) is 6.96. The van der Waals surface area contributed by atoms with Crippen molar-refractivity contribution in [1.29, 1.82) is 0 Å². The molecule has 0 saturated heterocycles. The van der Waals surface area contributed by atoms with Gasteiger partial charge >= 0.3 is 0 Å². The number of halogens is 3. The van der Waals surface area contributed by atoms with Gasteiger partial charge in [-0.15, -0.1) is 0 Å². The largest absolute Gasteiger partial charge is 0.279 e. The topological polar surface area (TPSA) is 0 Å². The summed E-state index contributed by atoms with van der Waals surface area (Å²) in [4.78, 5) is 0. The third-order valence-corrected chi connectivity index (χ3v) is 7.28.